The first kappa shape index (κ1) is 15.9. The lowest BCUT2D eigenvalue weighted by Gasteiger charge is -2.30. The standard InChI is InChI=1S/C16H28N4O2/c1-3-14(21-12-7-5-4-6-8-12)16-18-15(19-22-16)13-11-17-9-10-20(13)2/h12-14,17H,3-11H2,1-2H3. The predicted molar refractivity (Wildman–Crippen MR) is 83.5 cm³/mol. The number of aromatic nitrogens is 2. The summed E-state index contributed by atoms with van der Waals surface area (Å²) in [6.45, 7) is 5.01. The van der Waals surface area contributed by atoms with Crippen molar-refractivity contribution >= 4 is 0 Å². The molecule has 0 aromatic carbocycles. The normalized spacial score (nSPS) is 26.2. The average Bonchev–Trinajstić information content (AvgIpc) is 3.03. The minimum Gasteiger partial charge on any atom is -0.365 e. The Morgan fingerprint density at radius 1 is 1.36 bits per heavy atom. The number of hydrogen-bond donors (Lipinski definition) is 1. The third kappa shape index (κ3) is 3.67. The fourth-order valence-electron chi connectivity index (χ4n) is 3.37. The van der Waals surface area contributed by atoms with E-state index >= 15 is 0 Å². The number of nitrogens with zero attached hydrogens (tertiary/aromatic N) is 3. The molecule has 1 aromatic heterocycles. The molecule has 0 bridgehead atoms. The third-order valence-electron chi connectivity index (χ3n) is 4.82. The van der Waals surface area contributed by atoms with Crippen LogP contribution >= 0.6 is 0 Å². The van der Waals surface area contributed by atoms with Crippen LogP contribution in [0.15, 0.2) is 4.52 Å². The highest BCUT2D eigenvalue weighted by molar-refractivity contribution is 4.99. The minimum atomic E-state index is -0.0637. The van der Waals surface area contributed by atoms with Gasteiger partial charge < -0.3 is 14.6 Å². The van der Waals surface area contributed by atoms with Gasteiger partial charge in [-0.05, 0) is 26.3 Å². The van der Waals surface area contributed by atoms with Gasteiger partial charge in [0.05, 0.1) is 12.1 Å². The van der Waals surface area contributed by atoms with Gasteiger partial charge >= 0.3 is 0 Å². The van der Waals surface area contributed by atoms with Crippen LogP contribution in [0, 0.1) is 0 Å². The first-order valence-corrected chi connectivity index (χ1v) is 8.68. The Morgan fingerprint density at radius 3 is 2.91 bits per heavy atom. The summed E-state index contributed by atoms with van der Waals surface area (Å²) in [6, 6.07) is 0.193. The van der Waals surface area contributed by atoms with Crippen LogP contribution in [0.1, 0.15) is 69.3 Å². The molecule has 0 amide bonds. The van der Waals surface area contributed by atoms with Gasteiger partial charge in [0.2, 0.25) is 0 Å². The SMILES string of the molecule is CCC(OC1CCCCC1)c1nc(C2CNCCN2C)no1. The smallest absolute Gasteiger partial charge is 0.255 e. The van der Waals surface area contributed by atoms with Crippen molar-refractivity contribution in [2.75, 3.05) is 26.7 Å². The first-order valence-electron chi connectivity index (χ1n) is 8.68. The molecule has 0 spiro atoms. The van der Waals surface area contributed by atoms with E-state index in [0.717, 1.165) is 44.7 Å². The van der Waals surface area contributed by atoms with Crippen LogP contribution in [0.3, 0.4) is 0 Å². The van der Waals surface area contributed by atoms with Crippen molar-refractivity contribution in [1.29, 1.82) is 0 Å². The molecule has 0 radical (unpaired) electrons. The summed E-state index contributed by atoms with van der Waals surface area (Å²) in [6.07, 6.45) is 7.36. The van der Waals surface area contributed by atoms with Gasteiger partial charge in [0.15, 0.2) is 5.82 Å². The lowest BCUT2D eigenvalue weighted by atomic mass is 9.97. The summed E-state index contributed by atoms with van der Waals surface area (Å²) in [5.41, 5.74) is 0. The Kier molecular flexibility index (Phi) is 5.44. The van der Waals surface area contributed by atoms with E-state index in [1.165, 1.54) is 19.3 Å². The van der Waals surface area contributed by atoms with Crippen LogP contribution in [0.5, 0.6) is 0 Å². The molecule has 1 saturated heterocycles. The number of likely N-dealkylation sites (N-methyl/N-ethyl adjacent to an activating group) is 1. The second-order valence-corrected chi connectivity index (χ2v) is 6.48. The molecule has 1 saturated carbocycles. The highest BCUT2D eigenvalue weighted by Gasteiger charge is 2.28. The van der Waals surface area contributed by atoms with E-state index in [2.05, 4.69) is 34.3 Å². The lowest BCUT2D eigenvalue weighted by molar-refractivity contribution is -0.0468. The zero-order valence-electron chi connectivity index (χ0n) is 13.8. The highest BCUT2D eigenvalue weighted by Crippen LogP contribution is 2.29. The van der Waals surface area contributed by atoms with E-state index in [-0.39, 0.29) is 12.1 Å². The Hall–Kier alpha value is -0.980. The molecule has 2 atom stereocenters. The summed E-state index contributed by atoms with van der Waals surface area (Å²) < 4.78 is 11.7. The van der Waals surface area contributed by atoms with Gasteiger partial charge in [-0.3, -0.25) is 4.90 Å². The monoisotopic (exact) mass is 308 g/mol. The molecule has 1 N–H and O–H groups in total. The molecule has 1 aromatic rings. The molecule has 3 rings (SSSR count). The summed E-state index contributed by atoms with van der Waals surface area (Å²) in [5, 5.41) is 7.59. The first-order chi connectivity index (χ1) is 10.8. The molecule has 6 heteroatoms. The second kappa shape index (κ2) is 7.53. The van der Waals surface area contributed by atoms with Crippen molar-refractivity contribution in [3.63, 3.8) is 0 Å². The van der Waals surface area contributed by atoms with Crippen LogP contribution in [0.4, 0.5) is 0 Å². The fraction of sp³-hybridized carbons (Fsp3) is 0.875. The largest absolute Gasteiger partial charge is 0.365 e. The molecular formula is C16H28N4O2. The number of nitrogens with one attached hydrogen (secondary N) is 1. The molecule has 6 nitrogen and oxygen atoms in total. The highest BCUT2D eigenvalue weighted by atomic mass is 16.5. The van der Waals surface area contributed by atoms with Gasteiger partial charge in [-0.25, -0.2) is 0 Å². The zero-order valence-corrected chi connectivity index (χ0v) is 13.8. The van der Waals surface area contributed by atoms with Crippen LogP contribution < -0.4 is 5.32 Å². The maximum Gasteiger partial charge on any atom is 0.255 e. The Morgan fingerprint density at radius 2 is 2.18 bits per heavy atom. The molecule has 1 aliphatic carbocycles. The van der Waals surface area contributed by atoms with Crippen molar-refractivity contribution in [2.45, 2.75) is 63.7 Å². The molecule has 124 valence electrons. The van der Waals surface area contributed by atoms with Gasteiger partial charge in [0.1, 0.15) is 6.10 Å². The van der Waals surface area contributed by atoms with Gasteiger partial charge in [0.25, 0.3) is 5.89 Å². The molecule has 2 aliphatic rings. The maximum atomic E-state index is 6.23. The summed E-state index contributed by atoms with van der Waals surface area (Å²) in [5.74, 6) is 1.41. The van der Waals surface area contributed by atoms with Gasteiger partial charge in [-0.1, -0.05) is 31.3 Å². The Balaban J connectivity index is 1.65. The van der Waals surface area contributed by atoms with Crippen molar-refractivity contribution < 1.29 is 9.26 Å². The number of hydrogen-bond acceptors (Lipinski definition) is 6. The van der Waals surface area contributed by atoms with Gasteiger partial charge in [-0.2, -0.15) is 4.98 Å². The van der Waals surface area contributed by atoms with Gasteiger partial charge in [0, 0.05) is 19.6 Å². The minimum absolute atomic E-state index is 0.0637. The van der Waals surface area contributed by atoms with E-state index in [1.807, 2.05) is 0 Å². The summed E-state index contributed by atoms with van der Waals surface area (Å²) in [4.78, 5) is 6.91. The maximum absolute atomic E-state index is 6.23. The van der Waals surface area contributed by atoms with E-state index in [0.29, 0.717) is 12.0 Å². The molecular weight excluding hydrogens is 280 g/mol. The summed E-state index contributed by atoms with van der Waals surface area (Å²) >= 11 is 0. The van der Waals surface area contributed by atoms with Crippen LogP contribution in [0.2, 0.25) is 0 Å². The number of ether oxygens (including phenoxy) is 1. The molecule has 1 aliphatic heterocycles. The fourth-order valence-corrected chi connectivity index (χ4v) is 3.37. The topological polar surface area (TPSA) is 63.4 Å². The van der Waals surface area contributed by atoms with Gasteiger partial charge in [-0.15, -0.1) is 0 Å². The van der Waals surface area contributed by atoms with E-state index in [4.69, 9.17) is 9.26 Å². The van der Waals surface area contributed by atoms with E-state index in [9.17, 15) is 0 Å². The van der Waals surface area contributed by atoms with Crippen LogP contribution in [-0.2, 0) is 4.74 Å². The number of piperazine rings is 1. The Bertz CT molecular complexity index is 459. The van der Waals surface area contributed by atoms with Crippen molar-refractivity contribution in [3.8, 4) is 0 Å². The quantitative estimate of drug-likeness (QED) is 0.901. The van der Waals surface area contributed by atoms with Crippen LogP contribution in [-0.4, -0.2) is 47.8 Å². The molecule has 2 fully saturated rings. The molecule has 22 heavy (non-hydrogen) atoms. The second-order valence-electron chi connectivity index (χ2n) is 6.48. The van der Waals surface area contributed by atoms with Crippen molar-refractivity contribution in [2.24, 2.45) is 0 Å². The lowest BCUT2D eigenvalue weighted by Crippen LogP contribution is -2.44. The van der Waals surface area contributed by atoms with Crippen molar-refractivity contribution in [3.05, 3.63) is 11.7 Å². The van der Waals surface area contributed by atoms with E-state index in [1.54, 1.807) is 0 Å². The zero-order chi connectivity index (χ0) is 15.4. The van der Waals surface area contributed by atoms with Crippen molar-refractivity contribution in [1.82, 2.24) is 20.4 Å². The third-order valence-corrected chi connectivity index (χ3v) is 4.82. The summed E-state index contributed by atoms with van der Waals surface area (Å²) in [7, 11) is 2.11. The average molecular weight is 308 g/mol. The predicted octanol–water partition coefficient (Wildman–Crippen LogP) is 2.45. The van der Waals surface area contributed by atoms with E-state index < -0.39 is 0 Å². The number of rotatable bonds is 5. The van der Waals surface area contributed by atoms with Crippen LogP contribution in [0.25, 0.3) is 0 Å². The Labute approximate surface area is 132 Å². The molecule has 2 heterocycles. The molecule has 2 unspecified atom stereocenters.